The molecule has 5 nitrogen and oxygen atoms in total. The molecule has 0 aromatic heterocycles. The Labute approximate surface area is 132 Å². The van der Waals surface area contributed by atoms with E-state index < -0.39 is 12.0 Å². The zero-order valence-corrected chi connectivity index (χ0v) is 14.0. The Kier molecular flexibility index (Phi) is 6.56. The van der Waals surface area contributed by atoms with Crippen LogP contribution in [-0.4, -0.2) is 35.0 Å². The molecule has 0 fully saturated rings. The predicted molar refractivity (Wildman–Crippen MR) is 88.3 cm³/mol. The lowest BCUT2D eigenvalue weighted by Crippen LogP contribution is -2.38. The van der Waals surface area contributed by atoms with E-state index in [0.717, 1.165) is 16.8 Å². The van der Waals surface area contributed by atoms with Gasteiger partial charge in [-0.3, -0.25) is 4.79 Å². The molecule has 0 spiro atoms. The van der Waals surface area contributed by atoms with E-state index in [1.807, 2.05) is 58.9 Å². The highest BCUT2D eigenvalue weighted by Crippen LogP contribution is 2.11. The molecule has 1 unspecified atom stereocenters. The van der Waals surface area contributed by atoms with Crippen LogP contribution in [0.5, 0.6) is 0 Å². The summed E-state index contributed by atoms with van der Waals surface area (Å²) in [5.74, 6) is -0.831. The summed E-state index contributed by atoms with van der Waals surface area (Å²) in [4.78, 5) is 16.6. The first-order chi connectivity index (χ1) is 10.2. The zero-order chi connectivity index (χ0) is 16.8. The first-order valence-electron chi connectivity index (χ1n) is 7.51. The van der Waals surface area contributed by atoms with Gasteiger partial charge in [0, 0.05) is 0 Å². The fraction of sp³-hybridized carbons (Fsp3) is 0.529. The summed E-state index contributed by atoms with van der Waals surface area (Å²) < 4.78 is 0. The van der Waals surface area contributed by atoms with Gasteiger partial charge in [-0.15, -0.1) is 0 Å². The number of likely N-dealkylation sites (N-methyl/N-ethyl adjacent to an activating group) is 1. The third-order valence-corrected chi connectivity index (χ3v) is 3.02. The lowest BCUT2D eigenvalue weighted by molar-refractivity contribution is -0.139. The van der Waals surface area contributed by atoms with E-state index in [1.54, 1.807) is 0 Å². The normalized spacial score (nSPS) is 13.8. The van der Waals surface area contributed by atoms with Gasteiger partial charge in [-0.2, -0.15) is 0 Å². The Bertz CT molecular complexity index is 516. The van der Waals surface area contributed by atoms with Gasteiger partial charge in [-0.1, -0.05) is 36.3 Å². The van der Waals surface area contributed by atoms with Gasteiger partial charge in [-0.05, 0) is 51.8 Å². The predicted octanol–water partition coefficient (Wildman–Crippen LogP) is 2.83. The van der Waals surface area contributed by atoms with Crippen molar-refractivity contribution in [3.05, 3.63) is 35.4 Å². The summed E-state index contributed by atoms with van der Waals surface area (Å²) in [7, 11) is 0. The SMILES string of the molecule is CCNC(Cc1ccc(/C(C)=N\OC(C)(C)C)cc1)C(=O)O. The quantitative estimate of drug-likeness (QED) is 0.600. The molecule has 1 rings (SSSR count). The standard InChI is InChI=1S/C17H26N2O3/c1-6-18-15(16(20)21)11-13-7-9-14(10-8-13)12(2)19-22-17(3,4)5/h7-10,15,18H,6,11H2,1-5H3,(H,20,21)/b19-12-. The lowest BCUT2D eigenvalue weighted by Gasteiger charge is -2.16. The van der Waals surface area contributed by atoms with Crippen molar-refractivity contribution in [3.63, 3.8) is 0 Å². The van der Waals surface area contributed by atoms with Crippen molar-refractivity contribution in [1.82, 2.24) is 5.32 Å². The van der Waals surface area contributed by atoms with Crippen molar-refractivity contribution < 1.29 is 14.7 Å². The summed E-state index contributed by atoms with van der Waals surface area (Å²) in [6, 6.07) is 7.17. The highest BCUT2D eigenvalue weighted by atomic mass is 16.6. The van der Waals surface area contributed by atoms with Crippen molar-refractivity contribution in [2.75, 3.05) is 6.54 Å². The average molecular weight is 306 g/mol. The molecule has 0 radical (unpaired) electrons. The number of carboxylic acids is 1. The molecule has 5 heteroatoms. The Hall–Kier alpha value is -1.88. The number of rotatable bonds is 7. The van der Waals surface area contributed by atoms with E-state index in [2.05, 4.69) is 10.5 Å². The molecule has 0 saturated heterocycles. The molecule has 0 aliphatic heterocycles. The second-order valence-electron chi connectivity index (χ2n) is 6.23. The second-order valence-corrected chi connectivity index (χ2v) is 6.23. The number of oxime groups is 1. The van der Waals surface area contributed by atoms with Crippen molar-refractivity contribution in [1.29, 1.82) is 0 Å². The molecule has 122 valence electrons. The monoisotopic (exact) mass is 306 g/mol. The van der Waals surface area contributed by atoms with Gasteiger partial charge in [-0.25, -0.2) is 0 Å². The van der Waals surface area contributed by atoms with Crippen molar-refractivity contribution in [2.45, 2.75) is 52.7 Å². The Morgan fingerprint density at radius 3 is 2.36 bits per heavy atom. The summed E-state index contributed by atoms with van der Waals surface area (Å²) in [5.41, 5.74) is 2.41. The molecule has 1 aromatic carbocycles. The van der Waals surface area contributed by atoms with Gasteiger partial charge in [0.15, 0.2) is 0 Å². The smallest absolute Gasteiger partial charge is 0.321 e. The van der Waals surface area contributed by atoms with E-state index >= 15 is 0 Å². The number of nitrogens with zero attached hydrogens (tertiary/aromatic N) is 1. The summed E-state index contributed by atoms with van der Waals surface area (Å²) >= 11 is 0. The van der Waals surface area contributed by atoms with Crippen LogP contribution < -0.4 is 5.32 Å². The largest absolute Gasteiger partial charge is 0.480 e. The Morgan fingerprint density at radius 2 is 1.91 bits per heavy atom. The molecule has 0 aliphatic rings. The Morgan fingerprint density at radius 1 is 1.32 bits per heavy atom. The number of aliphatic carboxylic acids is 1. The minimum atomic E-state index is -0.831. The molecule has 0 bridgehead atoms. The van der Waals surface area contributed by atoms with E-state index in [1.165, 1.54) is 0 Å². The molecular formula is C17H26N2O3. The number of nitrogens with one attached hydrogen (secondary N) is 1. The topological polar surface area (TPSA) is 70.9 Å². The van der Waals surface area contributed by atoms with Crippen LogP contribution in [0.1, 0.15) is 45.7 Å². The molecule has 0 amide bonds. The van der Waals surface area contributed by atoms with Gasteiger partial charge in [0.25, 0.3) is 0 Å². The third-order valence-electron chi connectivity index (χ3n) is 3.02. The highest BCUT2D eigenvalue weighted by molar-refractivity contribution is 5.98. The van der Waals surface area contributed by atoms with Crippen LogP contribution in [0, 0.1) is 0 Å². The molecular weight excluding hydrogens is 280 g/mol. The maximum Gasteiger partial charge on any atom is 0.321 e. The van der Waals surface area contributed by atoms with E-state index in [0.29, 0.717) is 13.0 Å². The van der Waals surface area contributed by atoms with Crippen LogP contribution in [0.2, 0.25) is 0 Å². The fourth-order valence-corrected chi connectivity index (χ4v) is 1.87. The lowest BCUT2D eigenvalue weighted by atomic mass is 10.0. The molecule has 0 aliphatic carbocycles. The van der Waals surface area contributed by atoms with Crippen LogP contribution in [0.4, 0.5) is 0 Å². The van der Waals surface area contributed by atoms with Gasteiger partial charge in [0.1, 0.15) is 11.6 Å². The molecule has 22 heavy (non-hydrogen) atoms. The number of carboxylic acid groups (broad SMARTS) is 1. The first-order valence-corrected chi connectivity index (χ1v) is 7.51. The molecule has 2 N–H and O–H groups in total. The van der Waals surface area contributed by atoms with Crippen LogP contribution in [0.15, 0.2) is 29.4 Å². The van der Waals surface area contributed by atoms with Gasteiger partial charge >= 0.3 is 5.97 Å². The molecule has 0 heterocycles. The van der Waals surface area contributed by atoms with Gasteiger partial charge < -0.3 is 15.3 Å². The average Bonchev–Trinajstić information content (AvgIpc) is 2.44. The van der Waals surface area contributed by atoms with E-state index in [9.17, 15) is 4.79 Å². The number of hydrogen-bond donors (Lipinski definition) is 2. The zero-order valence-electron chi connectivity index (χ0n) is 14.0. The summed E-state index contributed by atoms with van der Waals surface area (Å²) in [6.45, 7) is 10.2. The van der Waals surface area contributed by atoms with Crippen molar-refractivity contribution in [3.8, 4) is 0 Å². The molecule has 0 saturated carbocycles. The van der Waals surface area contributed by atoms with Crippen LogP contribution >= 0.6 is 0 Å². The Balaban J connectivity index is 2.75. The first kappa shape index (κ1) is 18.2. The van der Waals surface area contributed by atoms with Crippen LogP contribution in [0.3, 0.4) is 0 Å². The summed E-state index contributed by atoms with van der Waals surface area (Å²) in [6.07, 6.45) is 0.456. The number of benzene rings is 1. The minimum Gasteiger partial charge on any atom is -0.480 e. The highest BCUT2D eigenvalue weighted by Gasteiger charge is 2.16. The molecule has 1 atom stereocenters. The van der Waals surface area contributed by atoms with Gasteiger partial charge in [0.05, 0.1) is 5.71 Å². The molecule has 1 aromatic rings. The van der Waals surface area contributed by atoms with Crippen molar-refractivity contribution >= 4 is 11.7 Å². The number of hydrogen-bond acceptors (Lipinski definition) is 4. The maximum atomic E-state index is 11.1. The van der Waals surface area contributed by atoms with Crippen molar-refractivity contribution in [2.24, 2.45) is 5.16 Å². The minimum absolute atomic E-state index is 0.318. The van der Waals surface area contributed by atoms with Crippen LogP contribution in [0.25, 0.3) is 0 Å². The van der Waals surface area contributed by atoms with Gasteiger partial charge in [0.2, 0.25) is 0 Å². The fourth-order valence-electron chi connectivity index (χ4n) is 1.87. The third kappa shape index (κ3) is 6.26. The number of carbonyl (C=O) groups is 1. The maximum absolute atomic E-state index is 11.1. The van der Waals surface area contributed by atoms with E-state index in [-0.39, 0.29) is 5.60 Å². The van der Waals surface area contributed by atoms with Crippen LogP contribution in [-0.2, 0) is 16.1 Å². The summed E-state index contributed by atoms with van der Waals surface area (Å²) in [5, 5.41) is 16.2. The second kappa shape index (κ2) is 7.94. The van der Waals surface area contributed by atoms with E-state index in [4.69, 9.17) is 9.94 Å².